The molecular formula is C14H24N4O2. The van der Waals surface area contributed by atoms with Gasteiger partial charge in [-0.25, -0.2) is 9.78 Å². The Balaban J connectivity index is 2.44. The Hall–Kier alpha value is -1.85. The van der Waals surface area contributed by atoms with Crippen LogP contribution in [0.2, 0.25) is 0 Å². The third-order valence-electron chi connectivity index (χ3n) is 2.52. The number of carbonyl (C=O) groups is 1. The van der Waals surface area contributed by atoms with Gasteiger partial charge < -0.3 is 15.0 Å². The number of rotatable bonds is 4. The molecule has 0 atom stereocenters. The quantitative estimate of drug-likeness (QED) is 0.917. The third-order valence-corrected chi connectivity index (χ3v) is 2.52. The van der Waals surface area contributed by atoms with Crippen LogP contribution in [0.5, 0.6) is 0 Å². The molecule has 6 nitrogen and oxygen atoms in total. The van der Waals surface area contributed by atoms with Gasteiger partial charge >= 0.3 is 6.09 Å². The first-order valence-corrected chi connectivity index (χ1v) is 6.67. The van der Waals surface area contributed by atoms with Crippen LogP contribution in [0, 0.1) is 13.8 Å². The van der Waals surface area contributed by atoms with E-state index in [4.69, 9.17) is 4.74 Å². The second-order valence-corrected chi connectivity index (χ2v) is 5.77. The van der Waals surface area contributed by atoms with Crippen molar-refractivity contribution in [3.8, 4) is 0 Å². The van der Waals surface area contributed by atoms with E-state index in [9.17, 15) is 4.79 Å². The van der Waals surface area contributed by atoms with Gasteiger partial charge in [0.25, 0.3) is 0 Å². The van der Waals surface area contributed by atoms with E-state index in [0.717, 1.165) is 17.2 Å². The predicted octanol–water partition coefficient (Wildman–Crippen LogP) is 2.37. The first-order chi connectivity index (χ1) is 9.19. The fraction of sp³-hybridized carbons (Fsp3) is 0.643. The number of nitrogens with one attached hydrogen (secondary N) is 1. The lowest BCUT2D eigenvalue weighted by atomic mass is 10.2. The number of aryl methyl sites for hydroxylation is 2. The Labute approximate surface area is 120 Å². The third kappa shape index (κ3) is 5.42. The average molecular weight is 280 g/mol. The first kappa shape index (κ1) is 16.2. The van der Waals surface area contributed by atoms with E-state index in [2.05, 4.69) is 15.3 Å². The van der Waals surface area contributed by atoms with Crippen LogP contribution in [0.3, 0.4) is 0 Å². The highest BCUT2D eigenvalue weighted by Gasteiger charge is 2.19. The van der Waals surface area contributed by atoms with E-state index in [1.807, 2.05) is 34.6 Å². The topological polar surface area (TPSA) is 67.4 Å². The Morgan fingerprint density at radius 3 is 2.65 bits per heavy atom. The molecule has 1 N–H and O–H groups in total. The fourth-order valence-electron chi connectivity index (χ4n) is 1.48. The van der Waals surface area contributed by atoms with Crippen molar-refractivity contribution in [3.63, 3.8) is 0 Å². The van der Waals surface area contributed by atoms with Crippen molar-refractivity contribution in [2.24, 2.45) is 0 Å². The summed E-state index contributed by atoms with van der Waals surface area (Å²) < 4.78 is 5.28. The molecular weight excluding hydrogens is 256 g/mol. The molecule has 1 aromatic heterocycles. The molecule has 112 valence electrons. The molecule has 0 aromatic carbocycles. The van der Waals surface area contributed by atoms with E-state index in [1.54, 1.807) is 13.2 Å². The van der Waals surface area contributed by atoms with Gasteiger partial charge in [-0.15, -0.1) is 0 Å². The second-order valence-electron chi connectivity index (χ2n) is 5.77. The van der Waals surface area contributed by atoms with Crippen molar-refractivity contribution in [3.05, 3.63) is 17.6 Å². The lowest BCUT2D eigenvalue weighted by molar-refractivity contribution is 0.0305. The van der Waals surface area contributed by atoms with Crippen molar-refractivity contribution < 1.29 is 9.53 Å². The molecule has 1 amide bonds. The summed E-state index contributed by atoms with van der Waals surface area (Å²) in [6.45, 7) is 10.5. The molecule has 6 heteroatoms. The highest BCUT2D eigenvalue weighted by atomic mass is 16.6. The van der Waals surface area contributed by atoms with Crippen LogP contribution in [0.25, 0.3) is 0 Å². The summed E-state index contributed by atoms with van der Waals surface area (Å²) in [7, 11) is 1.71. The number of aromatic nitrogens is 2. The van der Waals surface area contributed by atoms with E-state index in [1.165, 1.54) is 4.90 Å². The summed E-state index contributed by atoms with van der Waals surface area (Å²) in [5, 5.41) is 3.18. The van der Waals surface area contributed by atoms with Crippen molar-refractivity contribution in [2.45, 2.75) is 40.2 Å². The number of likely N-dealkylation sites (N-methyl/N-ethyl adjacent to an activating group) is 1. The summed E-state index contributed by atoms with van der Waals surface area (Å²) >= 11 is 0. The maximum atomic E-state index is 11.8. The van der Waals surface area contributed by atoms with Crippen LogP contribution < -0.4 is 5.32 Å². The molecule has 0 unspecified atom stereocenters. The zero-order valence-corrected chi connectivity index (χ0v) is 13.1. The van der Waals surface area contributed by atoms with Gasteiger partial charge in [0.05, 0.1) is 11.4 Å². The zero-order chi connectivity index (χ0) is 15.3. The summed E-state index contributed by atoms with van der Waals surface area (Å²) in [4.78, 5) is 21.9. The van der Waals surface area contributed by atoms with Gasteiger partial charge in [0.2, 0.25) is 0 Å². The molecule has 0 aliphatic heterocycles. The fourth-order valence-corrected chi connectivity index (χ4v) is 1.48. The van der Waals surface area contributed by atoms with Crippen molar-refractivity contribution in [2.75, 3.05) is 25.5 Å². The Morgan fingerprint density at radius 1 is 1.40 bits per heavy atom. The average Bonchev–Trinajstić information content (AvgIpc) is 2.31. The number of carbonyl (C=O) groups excluding carboxylic acids is 1. The SMILES string of the molecule is Cc1cnc(C)c(NCCN(C)C(=O)OC(C)(C)C)n1. The van der Waals surface area contributed by atoms with E-state index >= 15 is 0 Å². The number of ether oxygens (including phenoxy) is 1. The monoisotopic (exact) mass is 280 g/mol. The van der Waals surface area contributed by atoms with Gasteiger partial charge in [0, 0.05) is 26.3 Å². The van der Waals surface area contributed by atoms with Gasteiger partial charge in [0.15, 0.2) is 0 Å². The lowest BCUT2D eigenvalue weighted by Gasteiger charge is -2.24. The van der Waals surface area contributed by atoms with E-state index < -0.39 is 5.60 Å². The molecule has 0 saturated carbocycles. The summed E-state index contributed by atoms with van der Waals surface area (Å²) in [5.41, 5.74) is 1.23. The minimum absolute atomic E-state index is 0.327. The normalized spacial score (nSPS) is 11.1. The number of amides is 1. The minimum Gasteiger partial charge on any atom is -0.444 e. The molecule has 0 bridgehead atoms. The Bertz CT molecular complexity index is 469. The largest absolute Gasteiger partial charge is 0.444 e. The number of nitrogens with zero attached hydrogens (tertiary/aromatic N) is 3. The van der Waals surface area contributed by atoms with Crippen LogP contribution in [0.15, 0.2) is 6.20 Å². The van der Waals surface area contributed by atoms with Crippen LogP contribution in [0.1, 0.15) is 32.2 Å². The van der Waals surface area contributed by atoms with Crippen molar-refractivity contribution in [1.29, 1.82) is 0 Å². The number of anilines is 1. The maximum absolute atomic E-state index is 11.8. The standard InChI is InChI=1S/C14H24N4O2/c1-10-9-16-11(2)12(17-10)15-7-8-18(6)13(19)20-14(3,4)5/h9H,7-8H2,1-6H3,(H,15,17). The number of hydrogen-bond donors (Lipinski definition) is 1. The second kappa shape index (κ2) is 6.54. The predicted molar refractivity (Wildman–Crippen MR) is 78.9 cm³/mol. The molecule has 1 rings (SSSR count). The molecule has 1 aromatic rings. The van der Waals surface area contributed by atoms with Gasteiger partial charge in [0.1, 0.15) is 11.4 Å². The highest BCUT2D eigenvalue weighted by Crippen LogP contribution is 2.10. The van der Waals surface area contributed by atoms with Crippen molar-refractivity contribution in [1.82, 2.24) is 14.9 Å². The molecule has 0 radical (unpaired) electrons. The molecule has 1 heterocycles. The Kier molecular flexibility index (Phi) is 5.30. The van der Waals surface area contributed by atoms with Crippen LogP contribution in [-0.4, -0.2) is 46.7 Å². The lowest BCUT2D eigenvalue weighted by Crippen LogP contribution is -2.36. The smallest absolute Gasteiger partial charge is 0.410 e. The molecule has 0 saturated heterocycles. The van der Waals surface area contributed by atoms with Crippen molar-refractivity contribution >= 4 is 11.9 Å². The molecule has 0 fully saturated rings. The number of hydrogen-bond acceptors (Lipinski definition) is 5. The van der Waals surface area contributed by atoms with E-state index in [-0.39, 0.29) is 6.09 Å². The summed E-state index contributed by atoms with van der Waals surface area (Å²) in [6.07, 6.45) is 1.40. The Morgan fingerprint density at radius 2 is 2.05 bits per heavy atom. The van der Waals surface area contributed by atoms with Crippen LogP contribution in [-0.2, 0) is 4.74 Å². The molecule has 0 aliphatic carbocycles. The van der Waals surface area contributed by atoms with Crippen LogP contribution >= 0.6 is 0 Å². The maximum Gasteiger partial charge on any atom is 0.410 e. The molecule has 0 aliphatic rings. The zero-order valence-electron chi connectivity index (χ0n) is 13.1. The van der Waals surface area contributed by atoms with E-state index in [0.29, 0.717) is 13.1 Å². The van der Waals surface area contributed by atoms with Gasteiger partial charge in [-0.2, -0.15) is 0 Å². The highest BCUT2D eigenvalue weighted by molar-refractivity contribution is 5.67. The first-order valence-electron chi connectivity index (χ1n) is 6.67. The van der Waals surface area contributed by atoms with Gasteiger partial charge in [-0.05, 0) is 34.6 Å². The molecule has 0 spiro atoms. The minimum atomic E-state index is -0.475. The van der Waals surface area contributed by atoms with Crippen LogP contribution in [0.4, 0.5) is 10.6 Å². The molecule has 20 heavy (non-hydrogen) atoms. The summed E-state index contributed by atoms with van der Waals surface area (Å²) in [5.74, 6) is 0.752. The van der Waals surface area contributed by atoms with Gasteiger partial charge in [-0.3, -0.25) is 4.98 Å². The summed E-state index contributed by atoms with van der Waals surface area (Å²) in [6, 6.07) is 0. The van der Waals surface area contributed by atoms with Gasteiger partial charge in [-0.1, -0.05) is 0 Å².